The number of aliphatic carboxylic acids is 1. The predicted octanol–water partition coefficient (Wildman–Crippen LogP) is 2.16. The molecule has 118 valence electrons. The number of rotatable bonds is 8. The van der Waals surface area contributed by atoms with E-state index in [1.165, 1.54) is 24.3 Å². The van der Waals surface area contributed by atoms with Crippen molar-refractivity contribution >= 4 is 27.4 Å². The SMILES string of the molecule is CC(C)CN(CCS(=O)(=O)c1ccc(Cl)cc1)CC(=O)O. The molecule has 7 heteroatoms. The number of benzene rings is 1. The fourth-order valence-electron chi connectivity index (χ4n) is 1.95. The Hall–Kier alpha value is -1.11. The van der Waals surface area contributed by atoms with Gasteiger partial charge in [0.15, 0.2) is 9.84 Å². The van der Waals surface area contributed by atoms with Crippen molar-refractivity contribution in [2.24, 2.45) is 5.92 Å². The lowest BCUT2D eigenvalue weighted by Gasteiger charge is -2.22. The van der Waals surface area contributed by atoms with E-state index in [1.807, 2.05) is 13.8 Å². The molecule has 1 aromatic rings. The van der Waals surface area contributed by atoms with Crippen molar-refractivity contribution in [3.05, 3.63) is 29.3 Å². The number of nitrogens with zero attached hydrogens (tertiary/aromatic N) is 1. The molecule has 0 bridgehead atoms. The predicted molar refractivity (Wildman–Crippen MR) is 82.4 cm³/mol. The molecule has 1 rings (SSSR count). The van der Waals surface area contributed by atoms with E-state index in [2.05, 4.69) is 0 Å². The molecule has 0 unspecified atom stereocenters. The van der Waals surface area contributed by atoms with Crippen molar-refractivity contribution in [3.8, 4) is 0 Å². The van der Waals surface area contributed by atoms with Crippen LogP contribution in [0, 0.1) is 5.92 Å². The molecule has 0 saturated carbocycles. The van der Waals surface area contributed by atoms with E-state index in [9.17, 15) is 13.2 Å². The van der Waals surface area contributed by atoms with Crippen LogP contribution in [0.4, 0.5) is 0 Å². The van der Waals surface area contributed by atoms with Gasteiger partial charge in [-0.1, -0.05) is 25.4 Å². The monoisotopic (exact) mass is 333 g/mol. The zero-order valence-electron chi connectivity index (χ0n) is 12.1. The molecule has 0 atom stereocenters. The number of carbonyl (C=O) groups is 1. The third-order valence-electron chi connectivity index (χ3n) is 2.83. The lowest BCUT2D eigenvalue weighted by Crippen LogP contribution is -2.36. The van der Waals surface area contributed by atoms with Gasteiger partial charge in [-0.2, -0.15) is 0 Å². The fraction of sp³-hybridized carbons (Fsp3) is 0.500. The first-order chi connectivity index (χ1) is 9.70. The highest BCUT2D eigenvalue weighted by molar-refractivity contribution is 7.91. The van der Waals surface area contributed by atoms with E-state index in [4.69, 9.17) is 16.7 Å². The van der Waals surface area contributed by atoms with Gasteiger partial charge in [-0.3, -0.25) is 9.69 Å². The lowest BCUT2D eigenvalue weighted by molar-refractivity contribution is -0.138. The molecule has 0 spiro atoms. The summed E-state index contributed by atoms with van der Waals surface area (Å²) in [5.41, 5.74) is 0. The van der Waals surface area contributed by atoms with Crippen LogP contribution in [0.15, 0.2) is 29.2 Å². The average Bonchev–Trinajstić information content (AvgIpc) is 2.35. The maximum absolute atomic E-state index is 12.2. The van der Waals surface area contributed by atoms with Gasteiger partial charge >= 0.3 is 5.97 Å². The van der Waals surface area contributed by atoms with E-state index in [0.717, 1.165) is 0 Å². The van der Waals surface area contributed by atoms with Gasteiger partial charge in [0.2, 0.25) is 0 Å². The maximum atomic E-state index is 12.2. The molecule has 0 heterocycles. The van der Waals surface area contributed by atoms with Gasteiger partial charge in [-0.05, 0) is 30.2 Å². The minimum Gasteiger partial charge on any atom is -0.480 e. The summed E-state index contributed by atoms with van der Waals surface area (Å²) in [6.07, 6.45) is 0. The van der Waals surface area contributed by atoms with Crippen molar-refractivity contribution in [2.45, 2.75) is 18.7 Å². The van der Waals surface area contributed by atoms with Crippen molar-refractivity contribution in [2.75, 3.05) is 25.4 Å². The van der Waals surface area contributed by atoms with Crippen LogP contribution in [-0.2, 0) is 14.6 Å². The Morgan fingerprint density at radius 1 is 1.29 bits per heavy atom. The Bertz CT molecular complexity index is 569. The van der Waals surface area contributed by atoms with Gasteiger partial charge in [0.25, 0.3) is 0 Å². The molecular formula is C14H20ClNO4S. The Balaban J connectivity index is 2.73. The van der Waals surface area contributed by atoms with Crippen LogP contribution in [0.1, 0.15) is 13.8 Å². The molecule has 0 aliphatic heterocycles. The summed E-state index contributed by atoms with van der Waals surface area (Å²) in [4.78, 5) is 12.7. The second-order valence-electron chi connectivity index (χ2n) is 5.30. The highest BCUT2D eigenvalue weighted by Crippen LogP contribution is 2.15. The number of hydrogen-bond acceptors (Lipinski definition) is 4. The van der Waals surface area contributed by atoms with Gasteiger partial charge in [-0.25, -0.2) is 8.42 Å². The molecule has 0 fully saturated rings. The fourth-order valence-corrected chi connectivity index (χ4v) is 3.36. The summed E-state index contributed by atoms with van der Waals surface area (Å²) >= 11 is 5.74. The highest BCUT2D eigenvalue weighted by atomic mass is 35.5. The van der Waals surface area contributed by atoms with E-state index < -0.39 is 15.8 Å². The number of carboxylic acid groups (broad SMARTS) is 1. The number of carboxylic acids is 1. The Morgan fingerprint density at radius 3 is 2.33 bits per heavy atom. The zero-order chi connectivity index (χ0) is 16.0. The highest BCUT2D eigenvalue weighted by Gasteiger charge is 2.18. The van der Waals surface area contributed by atoms with Crippen molar-refractivity contribution in [3.63, 3.8) is 0 Å². The third-order valence-corrected chi connectivity index (χ3v) is 4.79. The van der Waals surface area contributed by atoms with Gasteiger partial charge in [0.05, 0.1) is 17.2 Å². The Kier molecular flexibility index (Phi) is 6.64. The first-order valence-electron chi connectivity index (χ1n) is 6.63. The van der Waals surface area contributed by atoms with E-state index in [-0.39, 0.29) is 29.7 Å². The largest absolute Gasteiger partial charge is 0.480 e. The van der Waals surface area contributed by atoms with Crippen molar-refractivity contribution in [1.29, 1.82) is 0 Å². The normalized spacial score (nSPS) is 12.0. The van der Waals surface area contributed by atoms with Crippen molar-refractivity contribution in [1.82, 2.24) is 4.90 Å². The van der Waals surface area contributed by atoms with Crippen LogP contribution < -0.4 is 0 Å². The van der Waals surface area contributed by atoms with Crippen LogP contribution in [-0.4, -0.2) is 49.8 Å². The quantitative estimate of drug-likeness (QED) is 0.789. The van der Waals surface area contributed by atoms with Gasteiger partial charge in [0, 0.05) is 18.1 Å². The minimum atomic E-state index is -3.44. The first-order valence-corrected chi connectivity index (χ1v) is 8.66. The van der Waals surface area contributed by atoms with Crippen LogP contribution >= 0.6 is 11.6 Å². The topological polar surface area (TPSA) is 74.7 Å². The van der Waals surface area contributed by atoms with Crippen LogP contribution in [0.25, 0.3) is 0 Å². The van der Waals surface area contributed by atoms with E-state index in [1.54, 1.807) is 4.90 Å². The average molecular weight is 334 g/mol. The molecule has 0 amide bonds. The molecule has 1 aromatic carbocycles. The zero-order valence-corrected chi connectivity index (χ0v) is 13.7. The molecule has 5 nitrogen and oxygen atoms in total. The minimum absolute atomic E-state index is 0.116. The second-order valence-corrected chi connectivity index (χ2v) is 7.84. The first kappa shape index (κ1) is 17.9. The molecule has 21 heavy (non-hydrogen) atoms. The van der Waals surface area contributed by atoms with Gasteiger partial charge in [0.1, 0.15) is 0 Å². The van der Waals surface area contributed by atoms with E-state index in [0.29, 0.717) is 11.6 Å². The Morgan fingerprint density at radius 2 is 1.86 bits per heavy atom. The molecule has 0 aliphatic rings. The number of hydrogen-bond donors (Lipinski definition) is 1. The summed E-state index contributed by atoms with van der Waals surface area (Å²) in [7, 11) is -3.44. The molecule has 0 aliphatic carbocycles. The molecular weight excluding hydrogens is 314 g/mol. The van der Waals surface area contributed by atoms with Crippen molar-refractivity contribution < 1.29 is 18.3 Å². The molecule has 1 N–H and O–H groups in total. The third kappa shape index (κ3) is 6.46. The number of sulfone groups is 1. The van der Waals surface area contributed by atoms with Crippen LogP contribution in [0.3, 0.4) is 0 Å². The summed E-state index contributed by atoms with van der Waals surface area (Å²) in [5.74, 6) is -0.809. The smallest absolute Gasteiger partial charge is 0.317 e. The van der Waals surface area contributed by atoms with Crippen LogP contribution in [0.5, 0.6) is 0 Å². The summed E-state index contributed by atoms with van der Waals surface area (Å²) < 4.78 is 24.4. The molecule has 0 radical (unpaired) electrons. The van der Waals surface area contributed by atoms with Gasteiger partial charge < -0.3 is 5.11 Å². The Labute approximate surface area is 130 Å². The molecule has 0 aromatic heterocycles. The standard InChI is InChI=1S/C14H20ClNO4S/c1-11(2)9-16(10-14(17)18)7-8-21(19,20)13-5-3-12(15)4-6-13/h3-6,11H,7-10H2,1-2H3,(H,17,18). The second kappa shape index (κ2) is 7.77. The molecule has 0 saturated heterocycles. The number of halogens is 1. The summed E-state index contributed by atoms with van der Waals surface area (Å²) in [6.45, 7) is 4.50. The maximum Gasteiger partial charge on any atom is 0.317 e. The summed E-state index contributed by atoms with van der Waals surface area (Å²) in [5, 5.41) is 9.34. The van der Waals surface area contributed by atoms with Gasteiger partial charge in [-0.15, -0.1) is 0 Å². The summed E-state index contributed by atoms with van der Waals surface area (Å²) in [6, 6.07) is 5.97. The van der Waals surface area contributed by atoms with Crippen LogP contribution in [0.2, 0.25) is 5.02 Å². The van der Waals surface area contributed by atoms with E-state index >= 15 is 0 Å². The lowest BCUT2D eigenvalue weighted by atomic mass is 10.2.